The predicted octanol–water partition coefficient (Wildman–Crippen LogP) is 8.24. The van der Waals surface area contributed by atoms with Crippen LogP contribution in [0.25, 0.3) is 11.1 Å². The maximum Gasteiger partial charge on any atom is 0.429 e. The van der Waals surface area contributed by atoms with Crippen molar-refractivity contribution in [2.45, 2.75) is 38.7 Å². The Morgan fingerprint density at radius 2 is 1.39 bits per heavy atom. The summed E-state index contributed by atoms with van der Waals surface area (Å²) in [7, 11) is 0. The lowest BCUT2D eigenvalue weighted by Gasteiger charge is -2.19. The first kappa shape index (κ1) is 29.5. The topological polar surface area (TPSA) is 35.0 Å². The third kappa shape index (κ3) is 7.01. The molecule has 0 amide bonds. The van der Waals surface area contributed by atoms with Crippen LogP contribution in [-0.4, -0.2) is 9.97 Å². The summed E-state index contributed by atoms with van der Waals surface area (Å²) in [6.45, 7) is 2.09. The van der Waals surface area contributed by atoms with Crippen LogP contribution < -0.4 is 4.74 Å². The van der Waals surface area contributed by atoms with Crippen molar-refractivity contribution in [1.82, 2.24) is 9.97 Å². The molecule has 0 spiro atoms. The second kappa shape index (κ2) is 12.4. The lowest BCUT2D eigenvalue weighted by atomic mass is 10.0. The standard InChI is InChI=1S/C30H20F8N2O/c1-2-3-4-5-18-15-39-27(40-16-18)9-7-17-6-8-21(22(31)10-17)30(37,38)41-20-13-23(32)28(24(33)14-20)19-11-25(34)29(36)26(35)12-19/h6,8,10-16H,2-5H2,1H3. The molecule has 4 aromatic rings. The molecule has 0 aliphatic rings. The Balaban J connectivity index is 1.51. The number of hydrogen-bond donors (Lipinski definition) is 0. The van der Waals surface area contributed by atoms with E-state index in [1.807, 2.05) is 0 Å². The highest BCUT2D eigenvalue weighted by Crippen LogP contribution is 2.37. The van der Waals surface area contributed by atoms with Crippen molar-refractivity contribution in [3.8, 4) is 28.7 Å². The number of nitrogens with zero attached hydrogens (tertiary/aromatic N) is 2. The van der Waals surface area contributed by atoms with E-state index in [9.17, 15) is 35.1 Å². The van der Waals surface area contributed by atoms with Crippen LogP contribution in [0.4, 0.5) is 35.1 Å². The largest absolute Gasteiger partial charge is 0.429 e. The molecule has 212 valence electrons. The highest BCUT2D eigenvalue weighted by atomic mass is 19.3. The molecule has 41 heavy (non-hydrogen) atoms. The summed E-state index contributed by atoms with van der Waals surface area (Å²) in [6, 6.07) is 3.82. The number of aromatic nitrogens is 2. The fourth-order valence-electron chi connectivity index (χ4n) is 3.87. The third-order valence-electron chi connectivity index (χ3n) is 5.91. The van der Waals surface area contributed by atoms with Crippen molar-refractivity contribution in [1.29, 1.82) is 0 Å². The number of unbranched alkanes of at least 4 members (excludes halogenated alkanes) is 2. The van der Waals surface area contributed by atoms with E-state index in [0.717, 1.165) is 43.4 Å². The van der Waals surface area contributed by atoms with E-state index in [-0.39, 0.29) is 11.4 Å². The average molecular weight is 576 g/mol. The lowest BCUT2D eigenvalue weighted by molar-refractivity contribution is -0.187. The summed E-state index contributed by atoms with van der Waals surface area (Å²) in [6.07, 6.45) is 2.84. The highest BCUT2D eigenvalue weighted by molar-refractivity contribution is 5.66. The fraction of sp³-hybridized carbons (Fsp3) is 0.200. The minimum Gasteiger partial charge on any atom is -0.429 e. The number of halogens is 8. The van der Waals surface area contributed by atoms with Crippen molar-refractivity contribution in [2.75, 3.05) is 0 Å². The lowest BCUT2D eigenvalue weighted by Crippen LogP contribution is -2.23. The van der Waals surface area contributed by atoms with Crippen molar-refractivity contribution in [3.63, 3.8) is 0 Å². The van der Waals surface area contributed by atoms with Gasteiger partial charge in [-0.15, -0.1) is 0 Å². The zero-order valence-electron chi connectivity index (χ0n) is 21.4. The fourth-order valence-corrected chi connectivity index (χ4v) is 3.87. The van der Waals surface area contributed by atoms with E-state index in [1.54, 1.807) is 12.4 Å². The minimum absolute atomic E-state index is 0.0258. The molecule has 0 unspecified atom stereocenters. The molecule has 3 nitrogen and oxygen atoms in total. The number of alkyl halides is 2. The van der Waals surface area contributed by atoms with E-state index in [2.05, 4.69) is 33.5 Å². The second-order valence-corrected chi connectivity index (χ2v) is 8.95. The first-order valence-corrected chi connectivity index (χ1v) is 12.3. The van der Waals surface area contributed by atoms with Crippen LogP contribution in [0.1, 0.15) is 48.7 Å². The van der Waals surface area contributed by atoms with Gasteiger partial charge in [0, 0.05) is 30.1 Å². The number of aryl methyl sites for hydroxylation is 1. The molecule has 0 fully saturated rings. The molecule has 1 aromatic heterocycles. The maximum absolute atomic E-state index is 14.8. The van der Waals surface area contributed by atoms with Crippen LogP contribution in [0.3, 0.4) is 0 Å². The SMILES string of the molecule is CCCCCc1cnc(C#Cc2ccc(C(F)(F)Oc3cc(F)c(-c4cc(F)c(F)c(F)c4)c(F)c3)c(F)c2)nc1. The van der Waals surface area contributed by atoms with Gasteiger partial charge in [-0.2, -0.15) is 8.78 Å². The van der Waals surface area contributed by atoms with Gasteiger partial charge in [-0.1, -0.05) is 25.7 Å². The van der Waals surface area contributed by atoms with Crippen LogP contribution in [-0.2, 0) is 12.5 Å². The first-order chi connectivity index (χ1) is 19.5. The summed E-state index contributed by atoms with van der Waals surface area (Å²) < 4.78 is 118. The Kier molecular flexibility index (Phi) is 8.91. The van der Waals surface area contributed by atoms with Crippen LogP contribution in [0.2, 0.25) is 0 Å². The normalized spacial score (nSPS) is 11.2. The summed E-state index contributed by atoms with van der Waals surface area (Å²) in [4.78, 5) is 8.23. The third-order valence-corrected chi connectivity index (χ3v) is 5.91. The van der Waals surface area contributed by atoms with E-state index >= 15 is 0 Å². The van der Waals surface area contributed by atoms with Crippen molar-refractivity contribution in [3.05, 3.63) is 112 Å². The summed E-state index contributed by atoms with van der Waals surface area (Å²) >= 11 is 0. The van der Waals surface area contributed by atoms with Gasteiger partial charge in [0.25, 0.3) is 0 Å². The first-order valence-electron chi connectivity index (χ1n) is 12.3. The van der Waals surface area contributed by atoms with Crippen LogP contribution in [0.5, 0.6) is 5.75 Å². The summed E-state index contributed by atoms with van der Waals surface area (Å²) in [5.74, 6) is -5.47. The molecular formula is C30H20F8N2O. The van der Waals surface area contributed by atoms with E-state index in [1.165, 1.54) is 0 Å². The van der Waals surface area contributed by atoms with Crippen LogP contribution in [0, 0.1) is 46.7 Å². The van der Waals surface area contributed by atoms with E-state index < -0.39 is 63.5 Å². The molecular weight excluding hydrogens is 556 g/mol. The monoisotopic (exact) mass is 576 g/mol. The molecule has 3 aromatic carbocycles. The second-order valence-electron chi connectivity index (χ2n) is 8.95. The maximum atomic E-state index is 14.8. The van der Waals surface area contributed by atoms with Crippen LogP contribution in [0.15, 0.2) is 54.9 Å². The molecule has 0 N–H and O–H groups in total. The van der Waals surface area contributed by atoms with E-state index in [4.69, 9.17) is 0 Å². The molecule has 0 saturated heterocycles. The molecule has 1 heterocycles. The van der Waals surface area contributed by atoms with Gasteiger partial charge < -0.3 is 4.74 Å². The van der Waals surface area contributed by atoms with Gasteiger partial charge >= 0.3 is 6.11 Å². The van der Waals surface area contributed by atoms with Crippen molar-refractivity contribution in [2.24, 2.45) is 0 Å². The number of hydrogen-bond acceptors (Lipinski definition) is 3. The summed E-state index contributed by atoms with van der Waals surface area (Å²) in [5.41, 5.74) is -2.01. The Morgan fingerprint density at radius 1 is 0.756 bits per heavy atom. The van der Waals surface area contributed by atoms with Gasteiger partial charge in [0.15, 0.2) is 17.5 Å². The number of ether oxygens (including phenoxy) is 1. The molecule has 0 aliphatic carbocycles. The number of rotatable bonds is 8. The molecule has 11 heteroatoms. The minimum atomic E-state index is -4.39. The molecule has 0 radical (unpaired) electrons. The average Bonchev–Trinajstić information content (AvgIpc) is 2.90. The van der Waals surface area contributed by atoms with Gasteiger partial charge in [0.05, 0.1) is 5.56 Å². The summed E-state index contributed by atoms with van der Waals surface area (Å²) in [5, 5.41) is 0. The molecule has 0 aliphatic heterocycles. The van der Waals surface area contributed by atoms with Crippen molar-refractivity contribution < 1.29 is 39.9 Å². The van der Waals surface area contributed by atoms with Gasteiger partial charge in [0.1, 0.15) is 28.8 Å². The van der Waals surface area contributed by atoms with Gasteiger partial charge in [-0.25, -0.2) is 36.3 Å². The smallest absolute Gasteiger partial charge is 0.429 e. The van der Waals surface area contributed by atoms with Crippen molar-refractivity contribution >= 4 is 0 Å². The van der Waals surface area contributed by atoms with E-state index in [0.29, 0.717) is 30.3 Å². The highest BCUT2D eigenvalue weighted by Gasteiger charge is 2.38. The van der Waals surface area contributed by atoms with Crippen LogP contribution >= 0.6 is 0 Å². The zero-order valence-corrected chi connectivity index (χ0v) is 21.4. The van der Waals surface area contributed by atoms with Gasteiger partial charge in [-0.05, 0) is 60.2 Å². The Labute approximate surface area is 229 Å². The molecule has 0 bridgehead atoms. The Bertz CT molecular complexity index is 1580. The molecule has 4 rings (SSSR count). The van der Waals surface area contributed by atoms with Gasteiger partial charge in [0.2, 0.25) is 5.82 Å². The molecule has 0 atom stereocenters. The Morgan fingerprint density at radius 3 is 1.98 bits per heavy atom. The Hall–Kier alpha value is -4.46. The quantitative estimate of drug-likeness (QED) is 0.0918. The molecule has 0 saturated carbocycles. The van der Waals surface area contributed by atoms with Gasteiger partial charge in [-0.3, -0.25) is 0 Å². The number of benzene rings is 3. The predicted molar refractivity (Wildman–Crippen MR) is 134 cm³/mol. The zero-order chi connectivity index (χ0) is 29.7.